The lowest BCUT2D eigenvalue weighted by atomic mass is 9.97. The van der Waals surface area contributed by atoms with Crippen molar-refractivity contribution in [3.8, 4) is 102 Å². The van der Waals surface area contributed by atoms with Gasteiger partial charge in [-0.05, 0) is 112 Å². The highest BCUT2D eigenvalue weighted by Gasteiger charge is 2.29. The van der Waals surface area contributed by atoms with Crippen molar-refractivity contribution in [2.45, 2.75) is 0 Å². The molecule has 0 aliphatic carbocycles. The van der Waals surface area contributed by atoms with Crippen LogP contribution in [-0.4, -0.2) is 43.2 Å². The van der Waals surface area contributed by atoms with Crippen LogP contribution in [0.25, 0.3) is 251 Å². The predicted molar refractivity (Wildman–Crippen MR) is 538 cm³/mol. The van der Waals surface area contributed by atoms with Gasteiger partial charge in [0.15, 0.2) is 17.5 Å². The van der Waals surface area contributed by atoms with Gasteiger partial charge in [-0.25, -0.2) is 15.0 Å². The number of benzene rings is 19. The van der Waals surface area contributed by atoms with E-state index in [0.29, 0.717) is 23.4 Å². The summed E-state index contributed by atoms with van der Waals surface area (Å²) in [7, 11) is 0. The van der Waals surface area contributed by atoms with Crippen LogP contribution in [-0.2, 0) is 0 Å². The molecule has 128 heavy (non-hydrogen) atoms. The number of hydrogen-bond acceptors (Lipinski definition) is 7. The Morgan fingerprint density at radius 2 is 0.523 bits per heavy atom. The number of aromatic nitrogens is 9. The van der Waals surface area contributed by atoms with Crippen molar-refractivity contribution >= 4 is 172 Å². The summed E-state index contributed by atoms with van der Waals surface area (Å²) in [4.78, 5) is 25.9. The second-order valence-electron chi connectivity index (χ2n) is 32.9. The maximum Gasteiger partial charge on any atom is 0.238 e. The molecule has 0 saturated carbocycles. The monoisotopic (exact) mass is 1670 g/mol. The third-order valence-electron chi connectivity index (χ3n) is 25.6. The third kappa shape index (κ3) is 11.7. The van der Waals surface area contributed by atoms with Crippen LogP contribution in [0.1, 0.15) is 0 Å². The van der Waals surface area contributed by atoms with E-state index < -0.39 is 0 Å². The molecule has 0 atom stereocenters. The van der Waals surface area contributed by atoms with Gasteiger partial charge in [-0.15, -0.1) is 22.7 Å². The van der Waals surface area contributed by atoms with Gasteiger partial charge < -0.3 is 9.13 Å². The van der Waals surface area contributed by atoms with Crippen molar-refractivity contribution in [3.63, 3.8) is 0 Å². The van der Waals surface area contributed by atoms with Crippen LogP contribution in [0.4, 0.5) is 0 Å². The topological polar surface area (TPSA) is 84.2 Å². The molecule has 27 rings (SSSR count). The summed E-state index contributed by atoms with van der Waals surface area (Å²) in [5.41, 5.74) is 23.4. The van der Waals surface area contributed by atoms with Crippen molar-refractivity contribution in [2.75, 3.05) is 0 Å². The van der Waals surface area contributed by atoms with Gasteiger partial charge in [-0.1, -0.05) is 346 Å². The summed E-state index contributed by atoms with van der Waals surface area (Å²) >= 11 is 3.76. The molecule has 9 nitrogen and oxygen atoms in total. The van der Waals surface area contributed by atoms with Gasteiger partial charge in [-0.2, -0.15) is 9.97 Å². The summed E-state index contributed by atoms with van der Waals surface area (Å²) in [6.07, 6.45) is 0. The van der Waals surface area contributed by atoms with Gasteiger partial charge >= 0.3 is 0 Å². The summed E-state index contributed by atoms with van der Waals surface area (Å²) in [5, 5.41) is 19.8. The standard InChI is InChI=1S/C62H38N4S.C55H33N5S/c1-5-19-39(20-6-1)43-33-44(40-21-7-2-8-22-40)35-45(34-43)65-54-32-18-16-30-49(54)58-59-51-36-50-46-27-15-17-31-53(46)66(55(50)38-56(51)67-61(59)48-29-14-13-28-47(48)60(58)65)57-37-52(41-23-9-3-10-24-41)63-62(64-57)42-25-11-4-12-26-42;1-4-17-34(18-5-1)37-23-16-24-38(31-37)59-46-30-15-13-28-42(46)49-50-44-32-43-39-25-12-14-29-45(39)60(47(43)33-48(44)61-52(50)41-27-11-10-26-40(41)51(49)59)55-57-53(35-19-6-2-7-20-35)56-54(58-55)36-21-8-3-9-22-36/h1-38H;1-33H. The van der Waals surface area contributed by atoms with Gasteiger partial charge in [0.1, 0.15) is 5.82 Å². The Balaban J connectivity index is 0.000000136. The highest BCUT2D eigenvalue weighted by Crippen LogP contribution is 2.53. The van der Waals surface area contributed by atoms with Crippen molar-refractivity contribution in [1.29, 1.82) is 0 Å². The Labute approximate surface area is 742 Å². The van der Waals surface area contributed by atoms with E-state index in [1.54, 1.807) is 0 Å². The fourth-order valence-corrected chi connectivity index (χ4v) is 22.5. The van der Waals surface area contributed by atoms with Crippen LogP contribution in [0.3, 0.4) is 0 Å². The summed E-state index contributed by atoms with van der Waals surface area (Å²) in [5.74, 6) is 3.40. The lowest BCUT2D eigenvalue weighted by Gasteiger charge is -2.15. The SMILES string of the molecule is c1ccc(-c2cc(-c3ccccc3)cc(-n3c4ccccc4c4c5c6cc7c8ccccc8n(-c8cc(-c9ccccc9)nc(-c9ccccc9)n8)c7cc6sc5c5ccccc5c43)c2)cc1.c1ccc(-c2cccc(-n3c4ccccc4c4c5c6cc7c8ccccc8n(-c8nc(-c9ccccc9)nc(-c9ccccc9)n8)c7cc6sc5c5ccccc5c43)c2)cc1. The molecule has 19 aromatic carbocycles. The van der Waals surface area contributed by atoms with E-state index in [2.05, 4.69) is 388 Å². The van der Waals surface area contributed by atoms with Gasteiger partial charge in [0.25, 0.3) is 0 Å². The first-order valence-corrected chi connectivity index (χ1v) is 44.9. The fraction of sp³-hybridized carbons (Fsp3) is 0. The number of hydrogen-bond donors (Lipinski definition) is 0. The fourth-order valence-electron chi connectivity index (χ4n) is 20.0. The highest BCUT2D eigenvalue weighted by molar-refractivity contribution is 7.27. The zero-order chi connectivity index (χ0) is 84.0. The lowest BCUT2D eigenvalue weighted by Crippen LogP contribution is -2.06. The molecule has 8 heterocycles. The van der Waals surface area contributed by atoms with Gasteiger partial charge in [-0.3, -0.25) is 9.13 Å². The normalized spacial score (nSPS) is 11.9. The van der Waals surface area contributed by atoms with E-state index in [4.69, 9.17) is 24.9 Å². The molecule has 0 N–H and O–H groups in total. The first kappa shape index (κ1) is 73.0. The molecular weight excluding hydrogens is 1600 g/mol. The van der Waals surface area contributed by atoms with E-state index in [-0.39, 0.29) is 0 Å². The molecule has 0 bridgehead atoms. The number of thiophene rings is 2. The van der Waals surface area contributed by atoms with E-state index in [0.717, 1.165) is 78.0 Å². The lowest BCUT2D eigenvalue weighted by molar-refractivity contribution is 0.954. The molecule has 596 valence electrons. The van der Waals surface area contributed by atoms with Crippen molar-refractivity contribution in [1.82, 2.24) is 43.2 Å². The first-order chi connectivity index (χ1) is 63.5. The Hall–Kier alpha value is -16.6. The molecule has 0 amide bonds. The molecule has 11 heteroatoms. The molecule has 0 radical (unpaired) electrons. The van der Waals surface area contributed by atoms with Crippen molar-refractivity contribution < 1.29 is 0 Å². The third-order valence-corrected chi connectivity index (χ3v) is 28.0. The van der Waals surface area contributed by atoms with Crippen LogP contribution < -0.4 is 0 Å². The minimum atomic E-state index is 0.591. The zero-order valence-electron chi connectivity index (χ0n) is 68.8. The van der Waals surface area contributed by atoms with E-state index in [1.165, 1.54) is 150 Å². The zero-order valence-corrected chi connectivity index (χ0v) is 70.5. The Morgan fingerprint density at radius 1 is 0.180 bits per heavy atom. The summed E-state index contributed by atoms with van der Waals surface area (Å²) in [6.45, 7) is 0. The summed E-state index contributed by atoms with van der Waals surface area (Å²) in [6, 6.07) is 154. The first-order valence-electron chi connectivity index (χ1n) is 43.3. The predicted octanol–water partition coefficient (Wildman–Crippen LogP) is 31.4. The largest absolute Gasteiger partial charge is 0.309 e. The molecule has 0 aliphatic rings. The molecule has 0 fully saturated rings. The number of rotatable bonds is 11. The van der Waals surface area contributed by atoms with E-state index in [9.17, 15) is 0 Å². The van der Waals surface area contributed by atoms with Gasteiger partial charge in [0.2, 0.25) is 5.95 Å². The molecule has 27 aromatic rings. The number of nitrogens with zero attached hydrogens (tertiary/aromatic N) is 9. The maximum absolute atomic E-state index is 5.35. The molecule has 0 spiro atoms. The minimum Gasteiger partial charge on any atom is -0.309 e. The second-order valence-corrected chi connectivity index (χ2v) is 35.0. The Kier molecular flexibility index (Phi) is 16.9. The Morgan fingerprint density at radius 3 is 0.984 bits per heavy atom. The second kappa shape index (κ2) is 29.6. The van der Waals surface area contributed by atoms with Crippen molar-refractivity contribution in [2.24, 2.45) is 0 Å². The maximum atomic E-state index is 5.35. The average Bonchev–Trinajstić information content (AvgIpc) is 1.53. The molecule has 0 saturated heterocycles. The molecule has 8 aromatic heterocycles. The van der Waals surface area contributed by atoms with Crippen LogP contribution in [0, 0.1) is 0 Å². The molecule has 0 unspecified atom stereocenters. The van der Waals surface area contributed by atoms with Gasteiger partial charge in [0.05, 0.1) is 49.8 Å². The summed E-state index contributed by atoms with van der Waals surface area (Å²) < 4.78 is 14.6. The number of fused-ring (bicyclic) bond motifs is 26. The highest BCUT2D eigenvalue weighted by atomic mass is 32.1. The van der Waals surface area contributed by atoms with Crippen molar-refractivity contribution in [3.05, 3.63) is 431 Å². The van der Waals surface area contributed by atoms with Crippen LogP contribution in [0.15, 0.2) is 431 Å². The quantitative estimate of drug-likeness (QED) is 0.129. The smallest absolute Gasteiger partial charge is 0.238 e. The molecular formula is C117H71N9S2. The average molecular weight is 1670 g/mol. The number of para-hydroxylation sites is 4. The van der Waals surface area contributed by atoms with Crippen LogP contribution in [0.2, 0.25) is 0 Å². The van der Waals surface area contributed by atoms with E-state index in [1.807, 2.05) is 83.3 Å². The van der Waals surface area contributed by atoms with Crippen LogP contribution >= 0.6 is 22.7 Å². The molecule has 0 aliphatic heterocycles. The van der Waals surface area contributed by atoms with Gasteiger partial charge in [0, 0.05) is 145 Å². The van der Waals surface area contributed by atoms with Crippen LogP contribution in [0.5, 0.6) is 0 Å². The van der Waals surface area contributed by atoms with E-state index >= 15 is 0 Å². The minimum absolute atomic E-state index is 0.591. The Bertz CT molecular complexity index is 9000.